The molecule has 0 aromatic heterocycles. The fourth-order valence-electron chi connectivity index (χ4n) is 1.53. The molecule has 0 spiro atoms. The number of hydrogen-bond acceptors (Lipinski definition) is 3. The van der Waals surface area contributed by atoms with Crippen molar-refractivity contribution in [2.24, 2.45) is 11.7 Å². The highest BCUT2D eigenvalue weighted by atomic mass is 19.3. The van der Waals surface area contributed by atoms with Crippen molar-refractivity contribution in [3.63, 3.8) is 0 Å². The van der Waals surface area contributed by atoms with Gasteiger partial charge in [-0.15, -0.1) is 0 Å². The number of nitrogens with one attached hydrogen (secondary N) is 1. The number of rotatable bonds is 6. The Kier molecular flexibility index (Phi) is 5.08. The number of halogens is 2. The van der Waals surface area contributed by atoms with Crippen molar-refractivity contribution in [2.75, 3.05) is 26.3 Å². The standard InChI is InChI=1S/C10H18F2N2O2/c11-10(12,6-13)7-14-9(15)2-1-8-3-4-16-5-8/h8H,1-7,13H2,(H,14,15). The third-order valence-corrected chi connectivity index (χ3v) is 2.65. The highest BCUT2D eigenvalue weighted by Crippen LogP contribution is 2.17. The smallest absolute Gasteiger partial charge is 0.277 e. The predicted octanol–water partition coefficient (Wildman–Crippen LogP) is 0.513. The minimum absolute atomic E-state index is 0.272. The Balaban J connectivity index is 2.10. The third-order valence-electron chi connectivity index (χ3n) is 2.65. The second-order valence-corrected chi connectivity index (χ2v) is 4.11. The summed E-state index contributed by atoms with van der Waals surface area (Å²) in [7, 11) is 0. The Morgan fingerprint density at radius 3 is 2.88 bits per heavy atom. The summed E-state index contributed by atoms with van der Waals surface area (Å²) < 4.78 is 30.5. The average Bonchev–Trinajstić information content (AvgIpc) is 2.76. The molecule has 0 aromatic carbocycles. The largest absolute Gasteiger partial charge is 0.381 e. The lowest BCUT2D eigenvalue weighted by Crippen LogP contribution is -2.41. The highest BCUT2D eigenvalue weighted by Gasteiger charge is 2.27. The van der Waals surface area contributed by atoms with Crippen LogP contribution in [-0.4, -0.2) is 38.1 Å². The summed E-state index contributed by atoms with van der Waals surface area (Å²) in [5.41, 5.74) is 4.85. The molecular weight excluding hydrogens is 218 g/mol. The molecule has 1 aliphatic heterocycles. The van der Waals surface area contributed by atoms with Gasteiger partial charge in [-0.2, -0.15) is 0 Å². The van der Waals surface area contributed by atoms with Gasteiger partial charge in [0.25, 0.3) is 5.92 Å². The van der Waals surface area contributed by atoms with Crippen LogP contribution in [0.25, 0.3) is 0 Å². The Labute approximate surface area is 93.5 Å². The zero-order chi connectivity index (χ0) is 12.0. The summed E-state index contributed by atoms with van der Waals surface area (Å²) in [6.45, 7) is -0.0169. The van der Waals surface area contributed by atoms with Crippen LogP contribution in [0.1, 0.15) is 19.3 Å². The van der Waals surface area contributed by atoms with Gasteiger partial charge in [-0.3, -0.25) is 4.79 Å². The lowest BCUT2D eigenvalue weighted by atomic mass is 10.0. The molecule has 1 amide bonds. The fourth-order valence-corrected chi connectivity index (χ4v) is 1.53. The quantitative estimate of drug-likeness (QED) is 0.706. The van der Waals surface area contributed by atoms with Gasteiger partial charge < -0.3 is 15.8 Å². The van der Waals surface area contributed by atoms with Crippen LogP contribution < -0.4 is 11.1 Å². The van der Waals surface area contributed by atoms with Crippen molar-refractivity contribution < 1.29 is 18.3 Å². The number of nitrogens with two attached hydrogens (primary N) is 1. The molecule has 0 radical (unpaired) electrons. The zero-order valence-corrected chi connectivity index (χ0v) is 9.18. The SMILES string of the molecule is NCC(F)(F)CNC(=O)CCC1CCOC1. The van der Waals surface area contributed by atoms with E-state index in [0.29, 0.717) is 18.9 Å². The minimum atomic E-state index is -3.01. The lowest BCUT2D eigenvalue weighted by Gasteiger charge is -2.14. The van der Waals surface area contributed by atoms with Crippen molar-refractivity contribution in [3.05, 3.63) is 0 Å². The van der Waals surface area contributed by atoms with E-state index in [9.17, 15) is 13.6 Å². The molecule has 1 aliphatic rings. The van der Waals surface area contributed by atoms with E-state index in [1.54, 1.807) is 0 Å². The maximum absolute atomic E-state index is 12.7. The first-order chi connectivity index (χ1) is 7.53. The summed E-state index contributed by atoms with van der Waals surface area (Å²) in [5.74, 6) is -2.97. The Hall–Kier alpha value is -0.750. The van der Waals surface area contributed by atoms with Gasteiger partial charge in [0, 0.05) is 19.6 Å². The molecule has 0 saturated carbocycles. The van der Waals surface area contributed by atoms with Crippen molar-refractivity contribution in [3.8, 4) is 0 Å². The number of alkyl halides is 2. The number of hydrogen-bond donors (Lipinski definition) is 2. The molecule has 0 bridgehead atoms. The Bertz CT molecular complexity index is 231. The van der Waals surface area contributed by atoms with Gasteiger partial charge in [-0.05, 0) is 18.8 Å². The van der Waals surface area contributed by atoms with Crippen LogP contribution in [0, 0.1) is 5.92 Å². The summed E-state index contributed by atoms with van der Waals surface area (Å²) in [4.78, 5) is 11.2. The van der Waals surface area contributed by atoms with Gasteiger partial charge in [0.05, 0.1) is 13.1 Å². The van der Waals surface area contributed by atoms with E-state index in [0.717, 1.165) is 13.0 Å². The second kappa shape index (κ2) is 6.10. The van der Waals surface area contributed by atoms with E-state index in [1.165, 1.54) is 0 Å². The van der Waals surface area contributed by atoms with Gasteiger partial charge in [-0.25, -0.2) is 8.78 Å². The Morgan fingerprint density at radius 1 is 1.56 bits per heavy atom. The van der Waals surface area contributed by atoms with Crippen LogP contribution in [0.15, 0.2) is 0 Å². The topological polar surface area (TPSA) is 64.3 Å². The molecule has 1 rings (SSSR count). The molecule has 16 heavy (non-hydrogen) atoms. The summed E-state index contributed by atoms with van der Waals surface area (Å²) in [6, 6.07) is 0. The molecule has 0 aromatic rings. The second-order valence-electron chi connectivity index (χ2n) is 4.11. The van der Waals surface area contributed by atoms with Gasteiger partial charge in [0.1, 0.15) is 0 Å². The maximum Gasteiger partial charge on any atom is 0.277 e. The number of carbonyl (C=O) groups excluding carboxylic acids is 1. The van der Waals surface area contributed by atoms with Crippen LogP contribution in [-0.2, 0) is 9.53 Å². The van der Waals surface area contributed by atoms with Gasteiger partial charge in [-0.1, -0.05) is 0 Å². The first-order valence-corrected chi connectivity index (χ1v) is 5.46. The van der Waals surface area contributed by atoms with Crippen LogP contribution in [0.4, 0.5) is 8.78 Å². The minimum Gasteiger partial charge on any atom is -0.381 e. The molecule has 6 heteroatoms. The maximum atomic E-state index is 12.7. The van der Waals surface area contributed by atoms with Gasteiger partial charge in [0.15, 0.2) is 0 Å². The summed E-state index contributed by atoms with van der Waals surface area (Å²) in [6.07, 6.45) is 1.92. The molecule has 1 heterocycles. The third kappa shape index (κ3) is 4.85. The highest BCUT2D eigenvalue weighted by molar-refractivity contribution is 5.75. The molecule has 1 atom stereocenters. The number of carbonyl (C=O) groups is 1. The van der Waals surface area contributed by atoms with Crippen LogP contribution >= 0.6 is 0 Å². The lowest BCUT2D eigenvalue weighted by molar-refractivity contribution is -0.123. The Morgan fingerprint density at radius 2 is 2.31 bits per heavy atom. The van der Waals surface area contributed by atoms with Crippen molar-refractivity contribution in [2.45, 2.75) is 25.2 Å². The van der Waals surface area contributed by atoms with E-state index < -0.39 is 19.0 Å². The molecule has 0 aliphatic carbocycles. The molecular formula is C10H18F2N2O2. The molecule has 94 valence electrons. The number of amides is 1. The molecule has 3 N–H and O–H groups in total. The first kappa shape index (κ1) is 13.3. The normalized spacial score (nSPS) is 21.1. The fraction of sp³-hybridized carbons (Fsp3) is 0.900. The van der Waals surface area contributed by atoms with E-state index in [4.69, 9.17) is 10.5 Å². The van der Waals surface area contributed by atoms with Crippen LogP contribution in [0.5, 0.6) is 0 Å². The van der Waals surface area contributed by atoms with Crippen LogP contribution in [0.3, 0.4) is 0 Å². The molecule has 1 saturated heterocycles. The molecule has 4 nitrogen and oxygen atoms in total. The monoisotopic (exact) mass is 236 g/mol. The predicted molar refractivity (Wildman–Crippen MR) is 55.2 cm³/mol. The van der Waals surface area contributed by atoms with Crippen molar-refractivity contribution in [1.82, 2.24) is 5.32 Å². The van der Waals surface area contributed by atoms with E-state index in [-0.39, 0.29) is 12.3 Å². The van der Waals surface area contributed by atoms with Gasteiger partial charge in [0.2, 0.25) is 5.91 Å². The van der Waals surface area contributed by atoms with E-state index in [1.807, 2.05) is 0 Å². The zero-order valence-electron chi connectivity index (χ0n) is 9.18. The van der Waals surface area contributed by atoms with E-state index in [2.05, 4.69) is 5.32 Å². The molecule has 1 unspecified atom stereocenters. The van der Waals surface area contributed by atoms with Crippen LogP contribution in [0.2, 0.25) is 0 Å². The summed E-state index contributed by atoms with van der Waals surface area (Å²) in [5, 5.41) is 2.19. The first-order valence-electron chi connectivity index (χ1n) is 5.46. The van der Waals surface area contributed by atoms with Crippen molar-refractivity contribution in [1.29, 1.82) is 0 Å². The average molecular weight is 236 g/mol. The van der Waals surface area contributed by atoms with E-state index >= 15 is 0 Å². The summed E-state index contributed by atoms with van der Waals surface area (Å²) >= 11 is 0. The van der Waals surface area contributed by atoms with Crippen molar-refractivity contribution >= 4 is 5.91 Å². The number of ether oxygens (including phenoxy) is 1. The molecule has 1 fully saturated rings. The van der Waals surface area contributed by atoms with Gasteiger partial charge >= 0.3 is 0 Å².